The molecular weight excluding hydrogens is 222 g/mol. The van der Waals surface area contributed by atoms with Gasteiger partial charge in [0.25, 0.3) is 0 Å². The van der Waals surface area contributed by atoms with Crippen LogP contribution in [0.3, 0.4) is 0 Å². The molecule has 1 saturated heterocycles. The number of hydrogen-bond acceptors (Lipinski definition) is 2. The average Bonchev–Trinajstić information content (AvgIpc) is 2.67. The van der Waals surface area contributed by atoms with Crippen LogP contribution in [0.2, 0.25) is 0 Å². The SMILES string of the molecule is CCCS(=O)(=O)N1CCC2(CCCC2)CC1. The third-order valence-electron chi connectivity index (χ3n) is 4.30. The van der Waals surface area contributed by atoms with Gasteiger partial charge in [-0.25, -0.2) is 12.7 Å². The van der Waals surface area contributed by atoms with E-state index in [9.17, 15) is 8.42 Å². The summed E-state index contributed by atoms with van der Waals surface area (Å²) >= 11 is 0. The van der Waals surface area contributed by atoms with Gasteiger partial charge >= 0.3 is 0 Å². The summed E-state index contributed by atoms with van der Waals surface area (Å²) in [6, 6.07) is 0. The van der Waals surface area contributed by atoms with Gasteiger partial charge in [0.15, 0.2) is 0 Å². The zero-order valence-electron chi connectivity index (χ0n) is 10.2. The highest BCUT2D eigenvalue weighted by Crippen LogP contribution is 2.46. The number of nitrogens with zero attached hydrogens (tertiary/aromatic N) is 1. The summed E-state index contributed by atoms with van der Waals surface area (Å²) in [6.07, 6.45) is 8.27. The summed E-state index contributed by atoms with van der Waals surface area (Å²) in [4.78, 5) is 0. The van der Waals surface area contributed by atoms with Crippen LogP contribution in [-0.4, -0.2) is 31.6 Å². The molecule has 1 heterocycles. The van der Waals surface area contributed by atoms with E-state index in [1.165, 1.54) is 25.7 Å². The Balaban J connectivity index is 1.94. The normalized spacial score (nSPS) is 26.3. The third kappa shape index (κ3) is 2.43. The maximum atomic E-state index is 11.9. The van der Waals surface area contributed by atoms with Crippen LogP contribution in [0.25, 0.3) is 0 Å². The van der Waals surface area contributed by atoms with Crippen LogP contribution in [-0.2, 0) is 10.0 Å². The van der Waals surface area contributed by atoms with Gasteiger partial charge in [0.1, 0.15) is 0 Å². The highest BCUT2D eigenvalue weighted by atomic mass is 32.2. The van der Waals surface area contributed by atoms with Gasteiger partial charge in [-0.05, 0) is 37.5 Å². The van der Waals surface area contributed by atoms with Gasteiger partial charge < -0.3 is 0 Å². The van der Waals surface area contributed by atoms with Gasteiger partial charge in [0.05, 0.1) is 5.75 Å². The molecule has 1 aliphatic heterocycles. The molecule has 0 aromatic heterocycles. The fraction of sp³-hybridized carbons (Fsp3) is 1.00. The molecule has 2 rings (SSSR count). The summed E-state index contributed by atoms with van der Waals surface area (Å²) < 4.78 is 25.6. The molecule has 0 aromatic carbocycles. The summed E-state index contributed by atoms with van der Waals surface area (Å²) in [6.45, 7) is 3.46. The van der Waals surface area contributed by atoms with Crippen LogP contribution in [0.5, 0.6) is 0 Å². The Labute approximate surface area is 99.3 Å². The molecule has 1 saturated carbocycles. The summed E-state index contributed by atoms with van der Waals surface area (Å²) in [7, 11) is -2.95. The van der Waals surface area contributed by atoms with Crippen LogP contribution in [0.15, 0.2) is 0 Å². The fourth-order valence-electron chi connectivity index (χ4n) is 3.25. The maximum absolute atomic E-state index is 11.9. The Morgan fingerprint density at radius 2 is 1.62 bits per heavy atom. The van der Waals surface area contributed by atoms with Gasteiger partial charge in [-0.2, -0.15) is 0 Å². The van der Waals surface area contributed by atoms with Crippen molar-refractivity contribution < 1.29 is 8.42 Å². The van der Waals surface area contributed by atoms with Crippen LogP contribution in [0.4, 0.5) is 0 Å². The van der Waals surface area contributed by atoms with Gasteiger partial charge in [-0.1, -0.05) is 19.8 Å². The first-order valence-electron chi connectivity index (χ1n) is 6.56. The second kappa shape index (κ2) is 4.65. The summed E-state index contributed by atoms with van der Waals surface area (Å²) in [5.41, 5.74) is 0.512. The van der Waals surface area contributed by atoms with Crippen molar-refractivity contribution in [2.24, 2.45) is 5.41 Å². The van der Waals surface area contributed by atoms with E-state index in [1.54, 1.807) is 4.31 Å². The molecule has 94 valence electrons. The van der Waals surface area contributed by atoms with Crippen LogP contribution in [0, 0.1) is 5.41 Å². The summed E-state index contributed by atoms with van der Waals surface area (Å²) in [5, 5.41) is 0. The van der Waals surface area contributed by atoms with Crippen molar-refractivity contribution in [3.63, 3.8) is 0 Å². The Kier molecular flexibility index (Phi) is 3.59. The molecule has 0 aromatic rings. The van der Waals surface area contributed by atoms with Crippen molar-refractivity contribution in [1.29, 1.82) is 0 Å². The minimum absolute atomic E-state index is 0.319. The first kappa shape index (κ1) is 12.4. The largest absolute Gasteiger partial charge is 0.214 e. The monoisotopic (exact) mass is 245 g/mol. The predicted octanol–water partition coefficient (Wildman–Crippen LogP) is 2.38. The first-order valence-corrected chi connectivity index (χ1v) is 8.17. The Bertz CT molecular complexity index is 321. The van der Waals surface area contributed by atoms with Crippen LogP contribution in [0.1, 0.15) is 51.9 Å². The fourth-order valence-corrected chi connectivity index (χ4v) is 4.76. The highest BCUT2D eigenvalue weighted by molar-refractivity contribution is 7.89. The third-order valence-corrected chi connectivity index (χ3v) is 6.38. The number of hydrogen-bond donors (Lipinski definition) is 0. The lowest BCUT2D eigenvalue weighted by Gasteiger charge is -2.38. The zero-order chi connectivity index (χ0) is 11.6. The maximum Gasteiger partial charge on any atom is 0.214 e. The molecule has 0 radical (unpaired) electrons. The van der Waals surface area contributed by atoms with E-state index in [4.69, 9.17) is 0 Å². The van der Waals surface area contributed by atoms with Crippen molar-refractivity contribution in [1.82, 2.24) is 4.31 Å². The van der Waals surface area contributed by atoms with Crippen molar-refractivity contribution >= 4 is 10.0 Å². The van der Waals surface area contributed by atoms with Crippen molar-refractivity contribution in [3.8, 4) is 0 Å². The molecule has 0 unspecified atom stereocenters. The number of piperidine rings is 1. The smallest absolute Gasteiger partial charge is 0.212 e. The molecule has 1 aliphatic carbocycles. The van der Waals surface area contributed by atoms with E-state index in [2.05, 4.69) is 0 Å². The second-order valence-electron chi connectivity index (χ2n) is 5.42. The van der Waals surface area contributed by atoms with Gasteiger partial charge in [-0.3, -0.25) is 0 Å². The van der Waals surface area contributed by atoms with Crippen LogP contribution < -0.4 is 0 Å². The number of rotatable bonds is 3. The van der Waals surface area contributed by atoms with E-state index in [-0.39, 0.29) is 0 Å². The Morgan fingerprint density at radius 1 is 1.06 bits per heavy atom. The van der Waals surface area contributed by atoms with E-state index in [1.807, 2.05) is 6.92 Å². The number of sulfonamides is 1. The van der Waals surface area contributed by atoms with Crippen molar-refractivity contribution in [3.05, 3.63) is 0 Å². The van der Waals surface area contributed by atoms with E-state index in [0.717, 1.165) is 32.4 Å². The molecule has 0 atom stereocenters. The minimum Gasteiger partial charge on any atom is -0.212 e. The Morgan fingerprint density at radius 3 is 2.12 bits per heavy atom. The lowest BCUT2D eigenvalue weighted by Crippen LogP contribution is -2.43. The molecule has 3 nitrogen and oxygen atoms in total. The molecule has 4 heteroatoms. The molecular formula is C12H23NO2S. The average molecular weight is 245 g/mol. The molecule has 0 N–H and O–H groups in total. The van der Waals surface area contributed by atoms with E-state index in [0.29, 0.717) is 11.2 Å². The molecule has 16 heavy (non-hydrogen) atoms. The van der Waals surface area contributed by atoms with Crippen molar-refractivity contribution in [2.75, 3.05) is 18.8 Å². The zero-order valence-corrected chi connectivity index (χ0v) is 11.1. The first-order chi connectivity index (χ1) is 7.58. The van der Waals surface area contributed by atoms with Gasteiger partial charge in [0.2, 0.25) is 10.0 Å². The standard InChI is InChI=1S/C12H23NO2S/c1-2-11-16(14,15)13-9-7-12(8-10-13)5-3-4-6-12/h2-11H2,1H3. The van der Waals surface area contributed by atoms with Gasteiger partial charge in [-0.15, -0.1) is 0 Å². The highest BCUT2D eigenvalue weighted by Gasteiger charge is 2.39. The Hall–Kier alpha value is -0.0900. The van der Waals surface area contributed by atoms with Gasteiger partial charge in [0, 0.05) is 13.1 Å². The molecule has 1 spiro atoms. The predicted molar refractivity (Wildman–Crippen MR) is 65.8 cm³/mol. The molecule has 2 fully saturated rings. The lowest BCUT2D eigenvalue weighted by atomic mass is 9.78. The molecule has 0 amide bonds. The molecule has 0 bridgehead atoms. The lowest BCUT2D eigenvalue weighted by molar-refractivity contribution is 0.160. The minimum atomic E-state index is -2.95. The quantitative estimate of drug-likeness (QED) is 0.765. The van der Waals surface area contributed by atoms with E-state index < -0.39 is 10.0 Å². The summed E-state index contributed by atoms with van der Waals surface area (Å²) in [5.74, 6) is 0.319. The topological polar surface area (TPSA) is 37.4 Å². The molecule has 2 aliphatic rings. The van der Waals surface area contributed by atoms with Crippen molar-refractivity contribution in [2.45, 2.75) is 51.9 Å². The van der Waals surface area contributed by atoms with E-state index >= 15 is 0 Å². The second-order valence-corrected chi connectivity index (χ2v) is 7.51. The van der Waals surface area contributed by atoms with Crippen LogP contribution >= 0.6 is 0 Å².